The quantitative estimate of drug-likeness (QED) is 0.766. The Bertz CT molecular complexity index is 410. The maximum absolute atomic E-state index is 12.6. The maximum Gasteiger partial charge on any atom is 0.293 e. The summed E-state index contributed by atoms with van der Waals surface area (Å²) in [6.45, 7) is 2.91. The number of carbonyl (C=O) groups is 2. The molecule has 0 fully saturated rings. The third-order valence-corrected chi connectivity index (χ3v) is 1.93. The molecule has 0 saturated carbocycles. The second-order valence-corrected chi connectivity index (χ2v) is 3.14. The topological polar surface area (TPSA) is 67.4 Å². The van der Waals surface area contributed by atoms with E-state index in [1.165, 1.54) is 12.1 Å². The molecule has 6 heteroatoms. The zero-order chi connectivity index (χ0) is 12.7. The highest BCUT2D eigenvalue weighted by Crippen LogP contribution is 2.24. The van der Waals surface area contributed by atoms with E-state index in [0.717, 1.165) is 5.69 Å². The average Bonchev–Trinajstić information content (AvgIpc) is 2.30. The van der Waals surface area contributed by atoms with Crippen LogP contribution in [0.5, 0.6) is 0 Å². The van der Waals surface area contributed by atoms with Gasteiger partial charge in [-0.15, -0.1) is 0 Å². The lowest BCUT2D eigenvalue weighted by molar-refractivity contribution is -0.128. The summed E-state index contributed by atoms with van der Waals surface area (Å²) < 4.78 is 16.8. The second kappa shape index (κ2) is 6.47. The molecule has 0 unspecified atom stereocenters. The zero-order valence-corrected chi connectivity index (χ0v) is 9.33. The van der Waals surface area contributed by atoms with Crippen molar-refractivity contribution in [3.63, 3.8) is 0 Å². The van der Waals surface area contributed by atoms with Crippen LogP contribution < -0.4 is 10.6 Å². The first-order valence-electron chi connectivity index (χ1n) is 5.06. The summed E-state index contributed by atoms with van der Waals surface area (Å²) in [6, 6.07) is 4.24. The Kier molecular flexibility index (Phi) is 4.93. The van der Waals surface area contributed by atoms with Gasteiger partial charge in [-0.1, -0.05) is 0 Å². The molecule has 5 nitrogen and oxygen atoms in total. The maximum atomic E-state index is 12.6. The molecule has 1 aliphatic rings. The number of anilines is 2. The third kappa shape index (κ3) is 4.10. The van der Waals surface area contributed by atoms with E-state index in [4.69, 9.17) is 0 Å². The first-order chi connectivity index (χ1) is 8.17. The lowest BCUT2D eigenvalue weighted by Crippen LogP contribution is -2.27. The molecule has 2 N–H and O–H groups in total. The highest BCUT2D eigenvalue weighted by molar-refractivity contribution is 6.00. The summed E-state index contributed by atoms with van der Waals surface area (Å²) in [7, 11) is 0. The van der Waals surface area contributed by atoms with Crippen molar-refractivity contribution in [3.8, 4) is 0 Å². The fourth-order valence-electron chi connectivity index (χ4n) is 1.21. The van der Waals surface area contributed by atoms with Crippen molar-refractivity contribution in [2.75, 3.05) is 23.8 Å². The highest BCUT2D eigenvalue weighted by atomic mass is 19.1. The minimum atomic E-state index is -0.349. The smallest absolute Gasteiger partial charge is 0.293 e. The minimum Gasteiger partial charge on any atom is -0.468 e. The summed E-state index contributed by atoms with van der Waals surface area (Å²) in [6.07, 6.45) is 0. The molecule has 1 aliphatic heterocycles. The minimum absolute atomic E-state index is 0.145. The number of amides is 1. The number of fused-ring (bicyclic) bond motifs is 1. The summed E-state index contributed by atoms with van der Waals surface area (Å²) in [5.74, 6) is -0.495. The monoisotopic (exact) mass is 240 g/mol. The van der Waals surface area contributed by atoms with Gasteiger partial charge in [0.1, 0.15) is 5.82 Å². The Labute approximate surface area is 98.0 Å². The zero-order valence-electron chi connectivity index (χ0n) is 9.33. The van der Waals surface area contributed by atoms with Crippen LogP contribution in [0, 0.1) is 5.82 Å². The molecule has 1 heterocycles. The molecule has 1 aromatic rings. The fourth-order valence-corrected chi connectivity index (χ4v) is 1.21. The summed E-state index contributed by atoms with van der Waals surface area (Å²) in [5.41, 5.74) is 1.27. The predicted octanol–water partition coefficient (Wildman–Crippen LogP) is 1.37. The van der Waals surface area contributed by atoms with Crippen LogP contribution in [0.4, 0.5) is 15.8 Å². The third-order valence-electron chi connectivity index (χ3n) is 1.93. The fraction of sp³-hybridized carbons (Fsp3) is 0.273. The van der Waals surface area contributed by atoms with E-state index >= 15 is 0 Å². The number of hydrogen-bond donors (Lipinski definition) is 2. The molecule has 0 saturated heterocycles. The van der Waals surface area contributed by atoms with Gasteiger partial charge in [0.05, 0.1) is 24.5 Å². The molecular weight excluding hydrogens is 227 g/mol. The normalized spacial score (nSPS) is 12.2. The summed E-state index contributed by atoms with van der Waals surface area (Å²) >= 11 is 0. The van der Waals surface area contributed by atoms with E-state index < -0.39 is 0 Å². The van der Waals surface area contributed by atoms with Gasteiger partial charge in [0.2, 0.25) is 5.91 Å². The molecule has 0 aliphatic carbocycles. The molecule has 17 heavy (non-hydrogen) atoms. The van der Waals surface area contributed by atoms with Crippen LogP contribution in [0.15, 0.2) is 18.2 Å². The molecule has 1 amide bonds. The van der Waals surface area contributed by atoms with Crippen LogP contribution in [0.25, 0.3) is 0 Å². The number of rotatable bonds is 2. The van der Waals surface area contributed by atoms with Gasteiger partial charge < -0.3 is 15.4 Å². The van der Waals surface area contributed by atoms with Crippen molar-refractivity contribution < 1.29 is 18.7 Å². The van der Waals surface area contributed by atoms with Gasteiger partial charge in [-0.2, -0.15) is 0 Å². The van der Waals surface area contributed by atoms with Gasteiger partial charge in [0.25, 0.3) is 6.47 Å². The molecular formula is C11H13FN2O3. The number of halogens is 1. The lowest BCUT2D eigenvalue weighted by Gasteiger charge is -2.17. The Morgan fingerprint density at radius 2 is 2.24 bits per heavy atom. The molecule has 2 rings (SSSR count). The Balaban J connectivity index is 0.000000249. The SMILES string of the molecule is CCOC=O.O=C1CNc2ccc(F)cc2N1. The van der Waals surface area contributed by atoms with Crippen molar-refractivity contribution in [2.45, 2.75) is 6.92 Å². The van der Waals surface area contributed by atoms with Crippen LogP contribution in [0.2, 0.25) is 0 Å². The van der Waals surface area contributed by atoms with Crippen LogP contribution >= 0.6 is 0 Å². The van der Waals surface area contributed by atoms with Crippen molar-refractivity contribution in [2.24, 2.45) is 0 Å². The first kappa shape index (κ1) is 13.0. The molecule has 0 aromatic heterocycles. The van der Waals surface area contributed by atoms with Crippen LogP contribution in [-0.2, 0) is 14.3 Å². The number of hydrogen-bond acceptors (Lipinski definition) is 4. The largest absolute Gasteiger partial charge is 0.468 e. The molecule has 1 aromatic carbocycles. The van der Waals surface area contributed by atoms with E-state index in [1.54, 1.807) is 13.0 Å². The number of benzene rings is 1. The van der Waals surface area contributed by atoms with E-state index in [0.29, 0.717) is 18.8 Å². The highest BCUT2D eigenvalue weighted by Gasteiger charge is 2.13. The molecule has 0 radical (unpaired) electrons. The molecule has 0 bridgehead atoms. The molecule has 92 valence electrons. The van der Waals surface area contributed by atoms with Gasteiger partial charge in [-0.05, 0) is 25.1 Å². The number of nitrogens with one attached hydrogen (secondary N) is 2. The molecule has 0 atom stereocenters. The Morgan fingerprint density at radius 1 is 1.47 bits per heavy atom. The van der Waals surface area contributed by atoms with Gasteiger partial charge >= 0.3 is 0 Å². The van der Waals surface area contributed by atoms with Gasteiger partial charge in [-0.25, -0.2) is 4.39 Å². The Hall–Kier alpha value is -2.11. The van der Waals surface area contributed by atoms with Crippen molar-refractivity contribution >= 4 is 23.8 Å². The van der Waals surface area contributed by atoms with Crippen LogP contribution in [-0.4, -0.2) is 25.5 Å². The molecule has 0 spiro atoms. The van der Waals surface area contributed by atoms with Gasteiger partial charge in [0.15, 0.2) is 0 Å². The van der Waals surface area contributed by atoms with E-state index in [2.05, 4.69) is 15.4 Å². The average molecular weight is 240 g/mol. The van der Waals surface area contributed by atoms with Crippen LogP contribution in [0.3, 0.4) is 0 Å². The van der Waals surface area contributed by atoms with E-state index in [1.807, 2.05) is 0 Å². The van der Waals surface area contributed by atoms with E-state index in [9.17, 15) is 14.0 Å². The first-order valence-corrected chi connectivity index (χ1v) is 5.06. The van der Waals surface area contributed by atoms with Crippen LogP contribution in [0.1, 0.15) is 6.92 Å². The van der Waals surface area contributed by atoms with Gasteiger partial charge in [0, 0.05) is 0 Å². The van der Waals surface area contributed by atoms with E-state index in [-0.39, 0.29) is 18.3 Å². The van der Waals surface area contributed by atoms with Crippen molar-refractivity contribution in [3.05, 3.63) is 24.0 Å². The van der Waals surface area contributed by atoms with Gasteiger partial charge in [-0.3, -0.25) is 9.59 Å². The summed E-state index contributed by atoms with van der Waals surface area (Å²) in [4.78, 5) is 20.0. The number of carbonyl (C=O) groups excluding carboxylic acids is 2. The number of ether oxygens (including phenoxy) is 1. The van der Waals surface area contributed by atoms with Crippen molar-refractivity contribution in [1.29, 1.82) is 0 Å². The summed E-state index contributed by atoms with van der Waals surface area (Å²) in [5, 5.41) is 5.42. The standard InChI is InChI=1S/C8H7FN2O.C3H6O2/c9-5-1-2-6-7(3-5)11-8(12)4-10-6;1-2-5-3-4/h1-3,10H,4H2,(H,11,12);3H,2H2,1H3. The van der Waals surface area contributed by atoms with Crippen molar-refractivity contribution in [1.82, 2.24) is 0 Å². The predicted molar refractivity (Wildman–Crippen MR) is 61.2 cm³/mol. The lowest BCUT2D eigenvalue weighted by atomic mass is 10.2. The Morgan fingerprint density at radius 3 is 2.82 bits per heavy atom. The second-order valence-electron chi connectivity index (χ2n) is 3.14.